The maximum Gasteiger partial charge on any atom is 0.256 e. The first-order valence-electron chi connectivity index (χ1n) is 8.64. The van der Waals surface area contributed by atoms with Gasteiger partial charge in [-0.05, 0) is 12.1 Å². The Morgan fingerprint density at radius 1 is 1.32 bits per heavy atom. The Kier molecular flexibility index (Phi) is 4.60. The summed E-state index contributed by atoms with van der Waals surface area (Å²) in [5, 5.41) is 6.68. The summed E-state index contributed by atoms with van der Waals surface area (Å²) in [7, 11) is -3.58. The van der Waals surface area contributed by atoms with Crippen molar-refractivity contribution >= 4 is 9.84 Å². The van der Waals surface area contributed by atoms with E-state index in [9.17, 15) is 17.6 Å². The summed E-state index contributed by atoms with van der Waals surface area (Å²) < 4.78 is 36.9. The highest BCUT2D eigenvalue weighted by atomic mass is 32.2. The third-order valence-electron chi connectivity index (χ3n) is 4.70. The van der Waals surface area contributed by atoms with Crippen molar-refractivity contribution in [2.45, 2.75) is 24.7 Å². The van der Waals surface area contributed by atoms with Crippen LogP contribution < -0.4 is 5.56 Å². The predicted octanol–water partition coefficient (Wildman–Crippen LogP) is 1.26. The van der Waals surface area contributed by atoms with Crippen molar-refractivity contribution in [3.05, 3.63) is 63.5 Å². The van der Waals surface area contributed by atoms with Gasteiger partial charge < -0.3 is 0 Å². The van der Waals surface area contributed by atoms with Gasteiger partial charge in [0.15, 0.2) is 0 Å². The van der Waals surface area contributed by atoms with Gasteiger partial charge >= 0.3 is 0 Å². The van der Waals surface area contributed by atoms with Gasteiger partial charge in [0.05, 0.1) is 23.1 Å². The van der Waals surface area contributed by atoms with E-state index in [-0.39, 0.29) is 11.0 Å². The van der Waals surface area contributed by atoms with Crippen LogP contribution in [0.25, 0.3) is 11.3 Å². The van der Waals surface area contributed by atoms with Crippen molar-refractivity contribution in [2.24, 2.45) is 0 Å². The molecule has 3 aromatic rings. The number of hydrogen-bond acceptors (Lipinski definition) is 6. The third kappa shape index (κ3) is 3.60. The second kappa shape index (κ2) is 6.95. The number of H-pyrrole nitrogens is 2. The lowest BCUT2D eigenvalue weighted by Crippen LogP contribution is -2.36. The molecule has 3 heterocycles. The van der Waals surface area contributed by atoms with E-state index >= 15 is 0 Å². The van der Waals surface area contributed by atoms with Crippen LogP contribution in [0.2, 0.25) is 0 Å². The summed E-state index contributed by atoms with van der Waals surface area (Å²) in [5.74, 6) is -0.329. The standard InChI is InChI=1S/C18H18FN5O3S/c1-28(26,27)18-21-15-5-6-24(10-14(15)17(25)22-18)9-12-8-20-23-16(12)11-3-2-4-13(19)7-11/h2-4,7-8H,5-6,9-10H2,1H3,(H,20,23)(H,21,22,25). The lowest BCUT2D eigenvalue weighted by molar-refractivity contribution is 0.241. The number of hydrogen-bond donors (Lipinski definition) is 2. The van der Waals surface area contributed by atoms with Gasteiger partial charge in [-0.2, -0.15) is 5.10 Å². The second-order valence-electron chi connectivity index (χ2n) is 6.81. The molecule has 0 aliphatic carbocycles. The predicted molar refractivity (Wildman–Crippen MR) is 99.8 cm³/mol. The average Bonchev–Trinajstić information content (AvgIpc) is 3.09. The first kappa shape index (κ1) is 18.5. The minimum absolute atomic E-state index is 0.298. The Morgan fingerprint density at radius 2 is 2.14 bits per heavy atom. The number of halogens is 1. The van der Waals surface area contributed by atoms with E-state index in [0.717, 1.165) is 17.5 Å². The zero-order valence-corrected chi connectivity index (χ0v) is 15.9. The number of sulfone groups is 1. The first-order valence-corrected chi connectivity index (χ1v) is 10.5. The molecule has 0 saturated carbocycles. The molecular formula is C18H18FN5O3S. The lowest BCUT2D eigenvalue weighted by atomic mass is 10.0. The monoisotopic (exact) mass is 403 g/mol. The van der Waals surface area contributed by atoms with Crippen LogP contribution >= 0.6 is 0 Å². The Hall–Kier alpha value is -2.85. The number of aromatic amines is 2. The molecule has 0 radical (unpaired) electrons. The van der Waals surface area contributed by atoms with Crippen LogP contribution in [0.3, 0.4) is 0 Å². The van der Waals surface area contributed by atoms with E-state index < -0.39 is 15.4 Å². The van der Waals surface area contributed by atoms with E-state index in [4.69, 9.17) is 0 Å². The van der Waals surface area contributed by atoms with Gasteiger partial charge in [0.2, 0.25) is 15.0 Å². The van der Waals surface area contributed by atoms with Crippen LogP contribution in [0.1, 0.15) is 16.8 Å². The summed E-state index contributed by atoms with van der Waals surface area (Å²) in [6.07, 6.45) is 3.17. The van der Waals surface area contributed by atoms with Crippen LogP contribution in [-0.2, 0) is 29.3 Å². The zero-order valence-electron chi connectivity index (χ0n) is 15.1. The van der Waals surface area contributed by atoms with Gasteiger partial charge in [-0.1, -0.05) is 12.1 Å². The highest BCUT2D eigenvalue weighted by Gasteiger charge is 2.24. The molecule has 1 aromatic carbocycles. The number of benzene rings is 1. The average molecular weight is 403 g/mol. The van der Waals surface area contributed by atoms with Crippen LogP contribution in [0, 0.1) is 5.82 Å². The minimum atomic E-state index is -3.58. The second-order valence-corrected chi connectivity index (χ2v) is 8.74. The van der Waals surface area contributed by atoms with Crippen LogP contribution in [0.15, 0.2) is 40.4 Å². The number of nitrogens with zero attached hydrogens (tertiary/aromatic N) is 3. The summed E-state index contributed by atoms with van der Waals surface area (Å²) in [6, 6.07) is 6.25. The van der Waals surface area contributed by atoms with Crippen LogP contribution in [0.5, 0.6) is 0 Å². The van der Waals surface area contributed by atoms with Gasteiger partial charge in [-0.15, -0.1) is 0 Å². The normalized spacial score (nSPS) is 14.8. The molecule has 10 heteroatoms. The molecule has 0 atom stereocenters. The maximum atomic E-state index is 13.5. The highest BCUT2D eigenvalue weighted by molar-refractivity contribution is 7.90. The van der Waals surface area contributed by atoms with Crippen molar-refractivity contribution in [2.75, 3.05) is 12.8 Å². The smallest absolute Gasteiger partial charge is 0.256 e. The number of fused-ring (bicyclic) bond motifs is 1. The summed E-state index contributed by atoms with van der Waals surface area (Å²) >= 11 is 0. The molecule has 146 valence electrons. The van der Waals surface area contributed by atoms with E-state index in [0.29, 0.717) is 42.9 Å². The fourth-order valence-electron chi connectivity index (χ4n) is 3.33. The first-order chi connectivity index (χ1) is 13.3. The van der Waals surface area contributed by atoms with Gasteiger partial charge in [-0.3, -0.25) is 19.8 Å². The molecule has 0 bridgehead atoms. The molecule has 1 aliphatic heterocycles. The quantitative estimate of drug-likeness (QED) is 0.635. The number of rotatable bonds is 4. The zero-order chi connectivity index (χ0) is 19.9. The molecule has 0 fully saturated rings. The van der Waals surface area contributed by atoms with E-state index in [1.165, 1.54) is 12.1 Å². The lowest BCUT2D eigenvalue weighted by Gasteiger charge is -2.27. The van der Waals surface area contributed by atoms with Gasteiger partial charge in [0.25, 0.3) is 5.56 Å². The summed E-state index contributed by atoms with van der Waals surface area (Å²) in [5.41, 5.74) is 2.85. The number of aromatic nitrogens is 4. The van der Waals surface area contributed by atoms with E-state index in [2.05, 4.69) is 20.2 Å². The van der Waals surface area contributed by atoms with Crippen molar-refractivity contribution < 1.29 is 12.8 Å². The molecule has 4 rings (SSSR count). The van der Waals surface area contributed by atoms with Crippen LogP contribution in [-0.4, -0.2) is 46.3 Å². The van der Waals surface area contributed by atoms with Gasteiger partial charge in [0.1, 0.15) is 5.82 Å². The molecular weight excluding hydrogens is 385 g/mol. The molecule has 0 unspecified atom stereocenters. The van der Waals surface area contributed by atoms with Crippen molar-refractivity contribution in [3.63, 3.8) is 0 Å². The van der Waals surface area contributed by atoms with Gasteiger partial charge in [-0.25, -0.2) is 17.8 Å². The fraction of sp³-hybridized carbons (Fsp3) is 0.278. The SMILES string of the molecule is CS(=O)(=O)c1nc2c(c(=O)[nH]1)CN(Cc1cn[nH]c1-c1cccc(F)c1)CC2. The minimum Gasteiger partial charge on any atom is -0.297 e. The molecule has 0 amide bonds. The van der Waals surface area contributed by atoms with E-state index in [1.54, 1.807) is 18.3 Å². The molecule has 0 spiro atoms. The van der Waals surface area contributed by atoms with Crippen LogP contribution in [0.4, 0.5) is 4.39 Å². The molecule has 2 aromatic heterocycles. The van der Waals surface area contributed by atoms with Crippen molar-refractivity contribution in [1.82, 2.24) is 25.1 Å². The Morgan fingerprint density at radius 3 is 2.89 bits per heavy atom. The summed E-state index contributed by atoms with van der Waals surface area (Å²) in [6.45, 7) is 1.46. The topological polar surface area (TPSA) is 112 Å². The molecule has 0 saturated heterocycles. The number of nitrogens with one attached hydrogen (secondary N) is 2. The summed E-state index contributed by atoms with van der Waals surface area (Å²) in [4.78, 5) is 20.9. The molecule has 2 N–H and O–H groups in total. The van der Waals surface area contributed by atoms with E-state index in [1.807, 2.05) is 4.90 Å². The molecule has 28 heavy (non-hydrogen) atoms. The Labute approximate surface area is 160 Å². The van der Waals surface area contributed by atoms with Crippen molar-refractivity contribution in [1.29, 1.82) is 0 Å². The molecule has 1 aliphatic rings. The highest BCUT2D eigenvalue weighted by Crippen LogP contribution is 2.25. The Bertz CT molecular complexity index is 1200. The maximum absolute atomic E-state index is 13.5. The Balaban J connectivity index is 1.59. The van der Waals surface area contributed by atoms with Crippen molar-refractivity contribution in [3.8, 4) is 11.3 Å². The fourth-order valence-corrected chi connectivity index (χ4v) is 3.89. The third-order valence-corrected chi connectivity index (χ3v) is 5.60. The van der Waals surface area contributed by atoms with Gasteiger partial charge in [0, 0.05) is 43.4 Å². The largest absolute Gasteiger partial charge is 0.297 e. The molecule has 8 nitrogen and oxygen atoms in total.